The Labute approximate surface area is 165 Å². The minimum Gasteiger partial charge on any atom is -0.462 e. The number of carbonyl (C=O) groups excluding carboxylic acids is 2. The zero-order valence-electron chi connectivity index (χ0n) is 16.0. The molecule has 0 unspecified atom stereocenters. The molecular formula is C23H28O5. The van der Waals surface area contributed by atoms with Crippen LogP contribution in [0, 0.1) is 17.8 Å². The van der Waals surface area contributed by atoms with Crippen LogP contribution in [-0.4, -0.2) is 35.4 Å². The topological polar surface area (TPSA) is 72.8 Å². The second-order valence-electron chi connectivity index (χ2n) is 8.29. The number of esters is 2. The first-order valence-corrected chi connectivity index (χ1v) is 10.4. The molecule has 28 heavy (non-hydrogen) atoms. The van der Waals surface area contributed by atoms with E-state index in [4.69, 9.17) is 9.47 Å². The fourth-order valence-electron chi connectivity index (χ4n) is 4.94. The summed E-state index contributed by atoms with van der Waals surface area (Å²) in [5.41, 5.74) is 0.515. The van der Waals surface area contributed by atoms with Gasteiger partial charge in [-0.1, -0.05) is 49.6 Å². The van der Waals surface area contributed by atoms with Gasteiger partial charge in [0, 0.05) is 18.3 Å². The highest BCUT2D eigenvalue weighted by molar-refractivity contribution is 5.89. The van der Waals surface area contributed by atoms with Crippen molar-refractivity contribution < 1.29 is 24.2 Å². The van der Waals surface area contributed by atoms with Crippen LogP contribution in [0.25, 0.3) is 0 Å². The van der Waals surface area contributed by atoms with Gasteiger partial charge < -0.3 is 14.6 Å². The van der Waals surface area contributed by atoms with E-state index < -0.39 is 6.10 Å². The van der Waals surface area contributed by atoms with E-state index in [0.717, 1.165) is 12.8 Å². The van der Waals surface area contributed by atoms with Gasteiger partial charge in [0.15, 0.2) is 0 Å². The molecule has 0 radical (unpaired) electrons. The largest absolute Gasteiger partial charge is 0.462 e. The first-order chi connectivity index (χ1) is 13.6. The van der Waals surface area contributed by atoms with Crippen molar-refractivity contribution in [3.05, 3.63) is 48.0 Å². The minimum atomic E-state index is -0.483. The van der Waals surface area contributed by atoms with Crippen molar-refractivity contribution in [1.82, 2.24) is 0 Å². The average Bonchev–Trinajstić information content (AvgIpc) is 3.23. The van der Waals surface area contributed by atoms with Crippen LogP contribution >= 0.6 is 0 Å². The van der Waals surface area contributed by atoms with Crippen LogP contribution in [0.5, 0.6) is 0 Å². The standard InChI is InChI=1S/C23H28O5/c24-19(15-7-3-1-4-8-15)12-11-17-18-13-22(25)27-21(18)14-20(17)28-23(26)16-9-5-2-6-10-16/h2,5-6,9-12,15,17-21,24H,1,3-4,7-8,13-14H2/t17-,18-,19-,20-,21+/m1/s1. The van der Waals surface area contributed by atoms with Crippen molar-refractivity contribution in [2.24, 2.45) is 17.8 Å². The Morgan fingerprint density at radius 2 is 1.93 bits per heavy atom. The SMILES string of the molecule is O=C1C[C@@H]2[C@@H](C=C[C@@H](O)C3CCCCC3)[C@H](OC(=O)c3ccccc3)C[C@@H]2O1. The van der Waals surface area contributed by atoms with Gasteiger partial charge in [-0.2, -0.15) is 0 Å². The van der Waals surface area contributed by atoms with Crippen LogP contribution in [0.15, 0.2) is 42.5 Å². The summed E-state index contributed by atoms with van der Waals surface area (Å²) in [6.07, 6.45) is 9.35. The normalized spacial score (nSPS) is 31.5. The minimum absolute atomic E-state index is 0.0101. The number of fused-ring (bicyclic) bond motifs is 1. The zero-order chi connectivity index (χ0) is 19.5. The van der Waals surface area contributed by atoms with Gasteiger partial charge in [0.1, 0.15) is 12.2 Å². The number of hydrogen-bond donors (Lipinski definition) is 1. The lowest BCUT2D eigenvalue weighted by atomic mass is 9.84. The number of hydrogen-bond acceptors (Lipinski definition) is 5. The molecular weight excluding hydrogens is 356 g/mol. The lowest BCUT2D eigenvalue weighted by Gasteiger charge is -2.25. The Morgan fingerprint density at radius 1 is 1.18 bits per heavy atom. The molecule has 1 N–H and O–H groups in total. The van der Waals surface area contributed by atoms with Crippen molar-refractivity contribution >= 4 is 11.9 Å². The maximum absolute atomic E-state index is 12.5. The van der Waals surface area contributed by atoms with E-state index in [1.807, 2.05) is 18.2 Å². The van der Waals surface area contributed by atoms with Gasteiger partial charge in [0.2, 0.25) is 0 Å². The molecule has 4 rings (SSSR count). The van der Waals surface area contributed by atoms with E-state index in [0.29, 0.717) is 24.3 Å². The van der Waals surface area contributed by atoms with Crippen LogP contribution in [0.3, 0.4) is 0 Å². The van der Waals surface area contributed by atoms with Gasteiger partial charge in [-0.15, -0.1) is 0 Å². The molecule has 5 heteroatoms. The molecule has 0 spiro atoms. The number of carbonyl (C=O) groups is 2. The first kappa shape index (κ1) is 19.2. The van der Waals surface area contributed by atoms with Crippen LogP contribution in [0.4, 0.5) is 0 Å². The zero-order valence-corrected chi connectivity index (χ0v) is 16.0. The lowest BCUT2D eigenvalue weighted by Crippen LogP contribution is -2.26. The molecule has 0 aromatic heterocycles. The van der Waals surface area contributed by atoms with Crippen molar-refractivity contribution in [3.63, 3.8) is 0 Å². The third kappa shape index (κ3) is 4.14. The van der Waals surface area contributed by atoms with Crippen molar-refractivity contribution in [2.45, 2.75) is 63.3 Å². The molecule has 1 aromatic carbocycles. The quantitative estimate of drug-likeness (QED) is 0.620. The average molecular weight is 384 g/mol. The second-order valence-corrected chi connectivity index (χ2v) is 8.29. The second kappa shape index (κ2) is 8.48. The third-order valence-corrected chi connectivity index (χ3v) is 6.48. The Balaban J connectivity index is 1.46. The number of aliphatic hydroxyl groups excluding tert-OH is 1. The predicted octanol–water partition coefficient (Wildman–Crippen LogP) is 3.66. The van der Waals surface area contributed by atoms with E-state index in [1.54, 1.807) is 24.3 Å². The maximum Gasteiger partial charge on any atom is 0.338 e. The van der Waals surface area contributed by atoms with Crippen molar-refractivity contribution in [2.75, 3.05) is 0 Å². The Kier molecular flexibility index (Phi) is 5.81. The summed E-state index contributed by atoms with van der Waals surface area (Å²) in [5.74, 6) is -0.343. The molecule has 0 bridgehead atoms. The molecule has 150 valence electrons. The Morgan fingerprint density at radius 3 is 2.68 bits per heavy atom. The molecule has 3 aliphatic rings. The van der Waals surface area contributed by atoms with Crippen molar-refractivity contribution in [3.8, 4) is 0 Å². The third-order valence-electron chi connectivity index (χ3n) is 6.48. The van der Waals surface area contributed by atoms with Gasteiger partial charge in [-0.05, 0) is 30.9 Å². The molecule has 5 atom stereocenters. The summed E-state index contributed by atoms with van der Waals surface area (Å²) in [7, 11) is 0. The summed E-state index contributed by atoms with van der Waals surface area (Å²) >= 11 is 0. The van der Waals surface area contributed by atoms with Gasteiger partial charge in [0.05, 0.1) is 18.1 Å². The molecule has 1 saturated heterocycles. The summed E-state index contributed by atoms with van der Waals surface area (Å²) in [5, 5.41) is 10.6. The molecule has 3 fully saturated rings. The Bertz CT molecular complexity index is 722. The highest BCUT2D eigenvalue weighted by Gasteiger charge is 2.50. The van der Waals surface area contributed by atoms with E-state index in [1.165, 1.54) is 19.3 Å². The fraction of sp³-hybridized carbons (Fsp3) is 0.565. The predicted molar refractivity (Wildman–Crippen MR) is 103 cm³/mol. The molecule has 1 heterocycles. The van der Waals surface area contributed by atoms with Crippen molar-refractivity contribution in [1.29, 1.82) is 0 Å². The van der Waals surface area contributed by atoms with Gasteiger partial charge >= 0.3 is 11.9 Å². The highest BCUT2D eigenvalue weighted by Crippen LogP contribution is 2.44. The van der Waals surface area contributed by atoms with Crippen LogP contribution < -0.4 is 0 Å². The Hall–Kier alpha value is -2.14. The number of aliphatic hydroxyl groups is 1. The molecule has 0 amide bonds. The summed E-state index contributed by atoms with van der Waals surface area (Å²) in [6, 6.07) is 8.93. The number of rotatable bonds is 5. The van der Waals surface area contributed by atoms with Crippen LogP contribution in [0.2, 0.25) is 0 Å². The van der Waals surface area contributed by atoms with E-state index in [2.05, 4.69) is 0 Å². The molecule has 2 aliphatic carbocycles. The summed E-state index contributed by atoms with van der Waals surface area (Å²) in [6.45, 7) is 0. The van der Waals surface area contributed by atoms with E-state index in [9.17, 15) is 14.7 Å². The molecule has 1 aliphatic heterocycles. The van der Waals surface area contributed by atoms with Crippen LogP contribution in [-0.2, 0) is 14.3 Å². The fourth-order valence-corrected chi connectivity index (χ4v) is 4.94. The molecule has 5 nitrogen and oxygen atoms in total. The van der Waals surface area contributed by atoms with Gasteiger partial charge in [-0.25, -0.2) is 4.79 Å². The maximum atomic E-state index is 12.5. The summed E-state index contributed by atoms with van der Waals surface area (Å²) in [4.78, 5) is 24.2. The smallest absolute Gasteiger partial charge is 0.338 e. The summed E-state index contributed by atoms with van der Waals surface area (Å²) < 4.78 is 11.2. The monoisotopic (exact) mass is 384 g/mol. The van der Waals surface area contributed by atoms with E-state index in [-0.39, 0.29) is 36.0 Å². The van der Waals surface area contributed by atoms with E-state index >= 15 is 0 Å². The molecule has 1 aromatic rings. The number of ether oxygens (including phenoxy) is 2. The molecule has 2 saturated carbocycles. The lowest BCUT2D eigenvalue weighted by molar-refractivity contribution is -0.141. The highest BCUT2D eigenvalue weighted by atomic mass is 16.6. The first-order valence-electron chi connectivity index (χ1n) is 10.4. The van der Waals surface area contributed by atoms with Gasteiger partial charge in [0.25, 0.3) is 0 Å². The van der Waals surface area contributed by atoms with Crippen LogP contribution in [0.1, 0.15) is 55.3 Å². The number of benzene rings is 1. The van der Waals surface area contributed by atoms with Gasteiger partial charge in [-0.3, -0.25) is 4.79 Å².